The highest BCUT2D eigenvalue weighted by Crippen LogP contribution is 2.66. The van der Waals surface area contributed by atoms with Gasteiger partial charge in [0.2, 0.25) is 11.8 Å². The molecule has 2 heterocycles. The number of carbonyl (C=O) groups excluding carboxylic acids is 4. The number of methoxy groups -OCH3 is 1. The van der Waals surface area contributed by atoms with Crippen LogP contribution in [-0.4, -0.2) is 45.6 Å². The molecule has 4 aliphatic rings. The molecule has 0 radical (unpaired) electrons. The number of hydrogen-bond acceptors (Lipinski definition) is 7. The molecule has 12 heteroatoms. The second-order valence-electron chi connectivity index (χ2n) is 13.2. The summed E-state index contributed by atoms with van der Waals surface area (Å²) < 4.78 is 19.2. The lowest BCUT2D eigenvalue weighted by molar-refractivity contribution is -0.125. The molecule has 0 aromatic heterocycles. The average molecular weight is 727 g/mol. The van der Waals surface area contributed by atoms with Crippen molar-refractivity contribution in [1.29, 1.82) is 0 Å². The maximum absolute atomic E-state index is 14.5. The molecule has 3 fully saturated rings. The zero-order chi connectivity index (χ0) is 35.8. The van der Waals surface area contributed by atoms with E-state index < -0.39 is 57.0 Å². The van der Waals surface area contributed by atoms with Crippen molar-refractivity contribution in [1.82, 2.24) is 0 Å². The van der Waals surface area contributed by atoms with Crippen LogP contribution >= 0.6 is 23.2 Å². The van der Waals surface area contributed by atoms with Gasteiger partial charge in [-0.25, -0.2) is 9.29 Å². The molecule has 9 nitrogen and oxygen atoms in total. The molecule has 4 aromatic rings. The minimum atomic E-state index is -2.17. The van der Waals surface area contributed by atoms with Crippen molar-refractivity contribution in [2.75, 3.05) is 22.2 Å². The van der Waals surface area contributed by atoms with Gasteiger partial charge in [-0.15, -0.1) is 23.2 Å². The van der Waals surface area contributed by atoms with E-state index in [0.29, 0.717) is 17.0 Å². The normalized spacial score (nSPS) is 28.3. The number of carbonyl (C=O) groups is 4. The van der Waals surface area contributed by atoms with Gasteiger partial charge < -0.3 is 15.2 Å². The number of phenolic OH excluding ortho intramolecular Hbond substituents is 1. The lowest BCUT2D eigenvalue weighted by Gasteiger charge is -2.50. The van der Waals surface area contributed by atoms with Crippen LogP contribution in [0, 0.1) is 23.6 Å². The second kappa shape index (κ2) is 12.0. The summed E-state index contributed by atoms with van der Waals surface area (Å²) in [5.74, 6) is -6.72. The van der Waals surface area contributed by atoms with Gasteiger partial charge >= 0.3 is 0 Å². The summed E-state index contributed by atoms with van der Waals surface area (Å²) in [5, 5.41) is 14.6. The van der Waals surface area contributed by atoms with Crippen molar-refractivity contribution < 1.29 is 33.4 Å². The Balaban J connectivity index is 1.21. The number of benzene rings is 4. The van der Waals surface area contributed by atoms with Crippen LogP contribution in [0.3, 0.4) is 0 Å². The van der Waals surface area contributed by atoms with Crippen LogP contribution in [0.15, 0.2) is 109 Å². The van der Waals surface area contributed by atoms with Crippen molar-refractivity contribution in [2.24, 2.45) is 17.8 Å². The Bertz CT molecular complexity index is 2150. The molecule has 6 unspecified atom stereocenters. The van der Waals surface area contributed by atoms with Gasteiger partial charge in [0, 0.05) is 28.9 Å². The van der Waals surface area contributed by atoms with E-state index >= 15 is 0 Å². The lowest BCUT2D eigenvalue weighted by atomic mass is 9.56. The number of imide groups is 2. The number of halogens is 3. The third-order valence-corrected chi connectivity index (χ3v) is 12.0. The molecule has 4 aromatic carbocycles. The summed E-state index contributed by atoms with van der Waals surface area (Å²) >= 11 is 14.8. The molecule has 6 atom stereocenters. The first kappa shape index (κ1) is 33.0. The third-order valence-electron chi connectivity index (χ3n) is 10.6. The summed E-state index contributed by atoms with van der Waals surface area (Å²) in [6, 6.07) is 25.8. The molecule has 258 valence electrons. The number of nitrogens with zero attached hydrogens (tertiary/aromatic N) is 2. The molecule has 2 aliphatic heterocycles. The molecule has 51 heavy (non-hydrogen) atoms. The van der Waals surface area contributed by atoms with E-state index in [4.69, 9.17) is 27.9 Å². The maximum Gasteiger partial charge on any atom is 0.258 e. The fourth-order valence-corrected chi connectivity index (χ4v) is 9.20. The van der Waals surface area contributed by atoms with Crippen molar-refractivity contribution in [3.05, 3.63) is 120 Å². The number of aromatic hydroxyl groups is 1. The molecule has 2 N–H and O–H groups in total. The van der Waals surface area contributed by atoms with Crippen molar-refractivity contribution in [2.45, 2.75) is 28.5 Å². The number of amides is 4. The molecule has 2 aliphatic carbocycles. The number of phenols is 1. The highest BCUT2D eigenvalue weighted by Gasteiger charge is 2.77. The first-order valence-corrected chi connectivity index (χ1v) is 17.1. The van der Waals surface area contributed by atoms with Crippen molar-refractivity contribution >= 4 is 69.6 Å². The van der Waals surface area contributed by atoms with Gasteiger partial charge in [0.1, 0.15) is 17.3 Å². The predicted molar refractivity (Wildman–Crippen MR) is 190 cm³/mol. The van der Waals surface area contributed by atoms with E-state index in [0.717, 1.165) is 28.4 Å². The van der Waals surface area contributed by atoms with E-state index in [2.05, 4.69) is 5.32 Å². The number of fused-ring (bicyclic) bond motifs is 4. The quantitative estimate of drug-likeness (QED) is 0.124. The number of alkyl halides is 2. The van der Waals surface area contributed by atoms with Gasteiger partial charge in [0.05, 0.1) is 30.3 Å². The Morgan fingerprint density at radius 2 is 1.45 bits per heavy atom. The SMILES string of the molecule is COc1ccc(C2C3=CCC4C(=O)N(c5ccc(Nc6ccccc6)cc5)C(=O)C4C3CC3(Cl)C(=O)N(c4ccc(F)cc4)C(=O)C23Cl)c(O)c1. The zero-order valence-corrected chi connectivity index (χ0v) is 28.6. The zero-order valence-electron chi connectivity index (χ0n) is 27.1. The summed E-state index contributed by atoms with van der Waals surface area (Å²) in [4.78, 5) is 55.1. The molecule has 1 saturated carbocycles. The lowest BCUT2D eigenvalue weighted by Crippen LogP contribution is -2.60. The molecule has 4 amide bonds. The number of hydrogen-bond donors (Lipinski definition) is 2. The van der Waals surface area contributed by atoms with Gasteiger partial charge in [-0.3, -0.25) is 24.1 Å². The first-order chi connectivity index (χ1) is 24.5. The van der Waals surface area contributed by atoms with Crippen LogP contribution in [0.2, 0.25) is 0 Å². The van der Waals surface area contributed by atoms with Crippen LogP contribution in [0.4, 0.5) is 27.1 Å². The number of nitrogens with one attached hydrogen (secondary N) is 1. The minimum absolute atomic E-state index is 0.0666. The maximum atomic E-state index is 14.5. The van der Waals surface area contributed by atoms with Crippen molar-refractivity contribution in [3.8, 4) is 11.5 Å². The smallest absolute Gasteiger partial charge is 0.258 e. The molecular formula is C39H30Cl2FN3O6. The minimum Gasteiger partial charge on any atom is -0.508 e. The van der Waals surface area contributed by atoms with Crippen LogP contribution in [0.5, 0.6) is 11.5 Å². The van der Waals surface area contributed by atoms with Crippen LogP contribution < -0.4 is 19.9 Å². The van der Waals surface area contributed by atoms with E-state index in [1.165, 1.54) is 30.2 Å². The van der Waals surface area contributed by atoms with Gasteiger partial charge in [-0.2, -0.15) is 0 Å². The number of rotatable bonds is 6. The third kappa shape index (κ3) is 4.80. The van der Waals surface area contributed by atoms with Crippen molar-refractivity contribution in [3.63, 3.8) is 0 Å². The Morgan fingerprint density at radius 1 is 0.804 bits per heavy atom. The van der Waals surface area contributed by atoms with E-state index in [1.807, 2.05) is 30.3 Å². The second-order valence-corrected chi connectivity index (χ2v) is 14.5. The highest BCUT2D eigenvalue weighted by atomic mass is 35.5. The highest BCUT2D eigenvalue weighted by molar-refractivity contribution is 6.58. The summed E-state index contributed by atoms with van der Waals surface area (Å²) in [7, 11) is 1.43. The molecule has 0 bridgehead atoms. The Kier molecular flexibility index (Phi) is 7.73. The number of ether oxygens (including phenoxy) is 1. The fourth-order valence-electron chi connectivity index (χ4n) is 8.28. The van der Waals surface area contributed by atoms with E-state index in [-0.39, 0.29) is 35.7 Å². The van der Waals surface area contributed by atoms with Crippen LogP contribution in [0.25, 0.3) is 0 Å². The fraction of sp³-hybridized carbons (Fsp3) is 0.231. The van der Waals surface area contributed by atoms with Gasteiger partial charge in [-0.1, -0.05) is 35.9 Å². The molecular weight excluding hydrogens is 696 g/mol. The van der Waals surface area contributed by atoms with E-state index in [1.54, 1.807) is 42.5 Å². The average Bonchev–Trinajstić information content (AvgIpc) is 3.47. The topological polar surface area (TPSA) is 116 Å². The summed E-state index contributed by atoms with van der Waals surface area (Å²) in [6.07, 6.45) is 1.71. The van der Waals surface area contributed by atoms with Gasteiger partial charge in [-0.05, 0) is 85.5 Å². The first-order valence-electron chi connectivity index (χ1n) is 16.4. The van der Waals surface area contributed by atoms with Crippen LogP contribution in [-0.2, 0) is 19.2 Å². The van der Waals surface area contributed by atoms with Gasteiger partial charge in [0.15, 0.2) is 9.75 Å². The molecule has 2 saturated heterocycles. The summed E-state index contributed by atoms with van der Waals surface area (Å²) in [6.45, 7) is 0. The monoisotopic (exact) mass is 725 g/mol. The van der Waals surface area contributed by atoms with Gasteiger partial charge in [0.25, 0.3) is 11.8 Å². The molecule has 0 spiro atoms. The summed E-state index contributed by atoms with van der Waals surface area (Å²) in [5.41, 5.74) is 2.81. The standard InChI is InChI=1S/C39H30Cl2FN3O6/c1-51-26-15-16-28(31(46)19-26)33-27-17-18-29-32(35(48)44(34(29)47)24-13-9-23(10-14-24)43-22-5-3-2-4-6-22)30(27)20-38(40)36(49)45(37(50)39(33,38)41)25-11-7-21(42)8-12-25/h2-17,19,29-30,32-33,43,46H,18,20H2,1H3. The Labute approximate surface area is 302 Å². The van der Waals surface area contributed by atoms with E-state index in [9.17, 15) is 28.7 Å². The number of allylic oxidation sites excluding steroid dienone is 2. The molecule has 8 rings (SSSR count). The number of para-hydroxylation sites is 1. The Hall–Kier alpha value is -5.19. The largest absolute Gasteiger partial charge is 0.508 e. The van der Waals surface area contributed by atoms with Crippen LogP contribution in [0.1, 0.15) is 24.3 Å². The number of anilines is 4. The predicted octanol–water partition coefficient (Wildman–Crippen LogP) is 7.05. The Morgan fingerprint density at radius 3 is 2.12 bits per heavy atom.